The first-order valence-corrected chi connectivity index (χ1v) is 9.45. The molecule has 21 heavy (non-hydrogen) atoms. The highest BCUT2D eigenvalue weighted by Gasteiger charge is 2.34. The average Bonchev–Trinajstić information content (AvgIpc) is 2.48. The highest BCUT2D eigenvalue weighted by atomic mass is 32.2. The summed E-state index contributed by atoms with van der Waals surface area (Å²) < 4.78 is 51.3. The van der Waals surface area contributed by atoms with Crippen LogP contribution in [0.3, 0.4) is 0 Å². The summed E-state index contributed by atoms with van der Waals surface area (Å²) in [5.41, 5.74) is 0. The monoisotopic (exact) mass is 334 g/mol. The second kappa shape index (κ2) is 5.95. The van der Waals surface area contributed by atoms with Crippen LogP contribution >= 0.6 is 0 Å². The standard InChI is InChI=1S/C11H18N4O4S2/c1-10(2)20(16,17)14-5-7-15(8-6-14)21(18,19)11-9-12-3-4-13-11/h3-4,9-10H,5-8H2,1-2H3. The first kappa shape index (κ1) is 16.3. The Bertz CT molecular complexity index is 680. The van der Waals surface area contributed by atoms with E-state index in [1.54, 1.807) is 13.8 Å². The molecule has 0 radical (unpaired) electrons. The summed E-state index contributed by atoms with van der Waals surface area (Å²) in [7, 11) is -7.06. The molecular formula is C11H18N4O4S2. The Kier molecular flexibility index (Phi) is 4.61. The van der Waals surface area contributed by atoms with Gasteiger partial charge in [0, 0.05) is 38.6 Å². The lowest BCUT2D eigenvalue weighted by atomic mass is 10.4. The Hall–Kier alpha value is -1.10. The van der Waals surface area contributed by atoms with Crippen LogP contribution < -0.4 is 0 Å². The molecule has 1 aliphatic rings. The predicted molar refractivity (Wildman–Crippen MR) is 76.4 cm³/mol. The maximum atomic E-state index is 12.3. The maximum absolute atomic E-state index is 12.3. The van der Waals surface area contributed by atoms with Crippen molar-refractivity contribution in [1.82, 2.24) is 18.6 Å². The van der Waals surface area contributed by atoms with Crippen molar-refractivity contribution in [2.45, 2.75) is 24.1 Å². The summed E-state index contributed by atoms with van der Waals surface area (Å²) >= 11 is 0. The Labute approximate surface area is 124 Å². The number of nitrogens with zero attached hydrogens (tertiary/aromatic N) is 4. The van der Waals surface area contributed by atoms with E-state index in [0.29, 0.717) is 0 Å². The number of aromatic nitrogens is 2. The molecule has 0 spiro atoms. The van der Waals surface area contributed by atoms with Crippen LogP contribution in [0, 0.1) is 0 Å². The molecule has 0 aromatic carbocycles. The van der Waals surface area contributed by atoms with Crippen molar-refractivity contribution >= 4 is 20.0 Å². The van der Waals surface area contributed by atoms with Crippen molar-refractivity contribution in [2.75, 3.05) is 26.2 Å². The van der Waals surface area contributed by atoms with Gasteiger partial charge in [0.05, 0.1) is 11.4 Å². The Morgan fingerprint density at radius 3 is 2.05 bits per heavy atom. The normalized spacial score (nSPS) is 19.0. The molecule has 0 aliphatic carbocycles. The molecule has 118 valence electrons. The Balaban J connectivity index is 2.12. The first-order valence-electron chi connectivity index (χ1n) is 6.51. The van der Waals surface area contributed by atoms with Gasteiger partial charge in [-0.15, -0.1) is 0 Å². The summed E-state index contributed by atoms with van der Waals surface area (Å²) in [6.07, 6.45) is 3.89. The number of hydrogen-bond donors (Lipinski definition) is 0. The third-order valence-corrected chi connectivity index (χ3v) is 7.36. The van der Waals surface area contributed by atoms with Gasteiger partial charge in [-0.3, -0.25) is 4.98 Å². The molecule has 8 nitrogen and oxygen atoms in total. The first-order chi connectivity index (χ1) is 9.76. The minimum atomic E-state index is -3.71. The van der Waals surface area contributed by atoms with Crippen molar-refractivity contribution < 1.29 is 16.8 Å². The van der Waals surface area contributed by atoms with Gasteiger partial charge in [-0.1, -0.05) is 0 Å². The van der Waals surface area contributed by atoms with Crippen LogP contribution in [0.2, 0.25) is 0 Å². The van der Waals surface area contributed by atoms with E-state index in [-0.39, 0.29) is 31.2 Å². The van der Waals surface area contributed by atoms with Crippen molar-refractivity contribution in [3.05, 3.63) is 18.6 Å². The lowest BCUT2D eigenvalue weighted by molar-refractivity contribution is 0.271. The van der Waals surface area contributed by atoms with Gasteiger partial charge in [-0.2, -0.15) is 8.61 Å². The molecule has 0 unspecified atom stereocenters. The molecule has 2 rings (SSSR count). The zero-order chi connectivity index (χ0) is 15.7. The fourth-order valence-electron chi connectivity index (χ4n) is 2.01. The second-order valence-electron chi connectivity index (χ2n) is 4.94. The topological polar surface area (TPSA) is 101 Å². The SMILES string of the molecule is CC(C)S(=O)(=O)N1CCN(S(=O)(=O)c2cnccn2)CC1. The summed E-state index contributed by atoms with van der Waals surface area (Å²) in [5.74, 6) is 0. The number of sulfonamides is 2. The van der Waals surface area contributed by atoms with Gasteiger partial charge in [0.15, 0.2) is 5.03 Å². The molecule has 1 aromatic rings. The van der Waals surface area contributed by atoms with Crippen molar-refractivity contribution in [1.29, 1.82) is 0 Å². The van der Waals surface area contributed by atoms with E-state index in [4.69, 9.17) is 0 Å². The van der Waals surface area contributed by atoms with Crippen molar-refractivity contribution in [3.63, 3.8) is 0 Å². The summed E-state index contributed by atoms with van der Waals surface area (Å²) in [6, 6.07) is 0. The lowest BCUT2D eigenvalue weighted by Crippen LogP contribution is -2.51. The number of hydrogen-bond acceptors (Lipinski definition) is 6. The van der Waals surface area contributed by atoms with Crippen LogP contribution in [-0.4, -0.2) is 66.8 Å². The Morgan fingerprint density at radius 1 is 1.00 bits per heavy atom. The smallest absolute Gasteiger partial charge is 0.260 e. The fourth-order valence-corrected chi connectivity index (χ4v) is 4.58. The molecule has 0 saturated carbocycles. The van der Waals surface area contributed by atoms with Gasteiger partial charge in [0.1, 0.15) is 0 Å². The van der Waals surface area contributed by atoms with Gasteiger partial charge >= 0.3 is 0 Å². The minimum Gasteiger partial charge on any atom is -0.260 e. The van der Waals surface area contributed by atoms with Gasteiger partial charge < -0.3 is 0 Å². The third kappa shape index (κ3) is 3.23. The lowest BCUT2D eigenvalue weighted by Gasteiger charge is -2.33. The minimum absolute atomic E-state index is 0.116. The van der Waals surface area contributed by atoms with E-state index in [2.05, 4.69) is 9.97 Å². The van der Waals surface area contributed by atoms with E-state index in [9.17, 15) is 16.8 Å². The van der Waals surface area contributed by atoms with Crippen molar-refractivity contribution in [3.8, 4) is 0 Å². The molecule has 1 fully saturated rings. The molecule has 0 N–H and O–H groups in total. The van der Waals surface area contributed by atoms with E-state index in [1.807, 2.05) is 0 Å². The van der Waals surface area contributed by atoms with Crippen LogP contribution in [0.25, 0.3) is 0 Å². The molecule has 1 saturated heterocycles. The Morgan fingerprint density at radius 2 is 1.57 bits per heavy atom. The summed E-state index contributed by atoms with van der Waals surface area (Å²) in [4.78, 5) is 7.55. The molecule has 0 amide bonds. The summed E-state index contributed by atoms with van der Waals surface area (Å²) in [5, 5.41) is -0.634. The number of rotatable bonds is 4. The predicted octanol–water partition coefficient (Wildman–Crippen LogP) is -0.479. The van der Waals surface area contributed by atoms with Crippen molar-refractivity contribution in [2.24, 2.45) is 0 Å². The van der Waals surface area contributed by atoms with Crippen LogP contribution in [0.4, 0.5) is 0 Å². The van der Waals surface area contributed by atoms with Gasteiger partial charge in [0.2, 0.25) is 10.0 Å². The quantitative estimate of drug-likeness (QED) is 0.737. The van der Waals surface area contributed by atoms with Crippen LogP contribution in [0.1, 0.15) is 13.8 Å². The highest BCUT2D eigenvalue weighted by Crippen LogP contribution is 2.17. The molecule has 10 heteroatoms. The molecule has 1 aromatic heterocycles. The van der Waals surface area contributed by atoms with Crippen LogP contribution in [0.5, 0.6) is 0 Å². The van der Waals surface area contributed by atoms with Gasteiger partial charge in [-0.05, 0) is 13.8 Å². The van der Waals surface area contributed by atoms with Crippen LogP contribution in [-0.2, 0) is 20.0 Å². The maximum Gasteiger partial charge on any atom is 0.262 e. The molecular weight excluding hydrogens is 316 g/mol. The fraction of sp³-hybridized carbons (Fsp3) is 0.636. The van der Waals surface area contributed by atoms with E-state index in [1.165, 1.54) is 27.2 Å². The van der Waals surface area contributed by atoms with E-state index >= 15 is 0 Å². The molecule has 0 bridgehead atoms. The average molecular weight is 334 g/mol. The molecule has 1 aliphatic heterocycles. The molecule has 2 heterocycles. The van der Waals surface area contributed by atoms with Gasteiger partial charge in [0.25, 0.3) is 10.0 Å². The molecule has 0 atom stereocenters. The third-order valence-electron chi connectivity index (χ3n) is 3.30. The number of piperazine rings is 1. The van der Waals surface area contributed by atoms with E-state index < -0.39 is 25.3 Å². The zero-order valence-corrected chi connectivity index (χ0v) is 13.5. The highest BCUT2D eigenvalue weighted by molar-refractivity contribution is 7.89. The van der Waals surface area contributed by atoms with E-state index in [0.717, 1.165) is 0 Å². The summed E-state index contributed by atoms with van der Waals surface area (Å²) in [6.45, 7) is 3.76. The zero-order valence-electron chi connectivity index (χ0n) is 11.9. The van der Waals surface area contributed by atoms with Crippen LogP contribution in [0.15, 0.2) is 23.6 Å². The second-order valence-corrected chi connectivity index (χ2v) is 9.31. The van der Waals surface area contributed by atoms with Gasteiger partial charge in [-0.25, -0.2) is 21.8 Å². The largest absolute Gasteiger partial charge is 0.262 e.